The number of carbonyl (C=O) groups is 1. The monoisotopic (exact) mass is 189 g/mol. The summed E-state index contributed by atoms with van der Waals surface area (Å²) in [5.74, 6) is -0.902. The summed E-state index contributed by atoms with van der Waals surface area (Å²) in [6.45, 7) is 1.30. The van der Waals surface area contributed by atoms with Gasteiger partial charge in [0, 0.05) is 11.6 Å². The molecule has 0 N–H and O–H groups in total. The Morgan fingerprint density at radius 1 is 1.57 bits per heavy atom. The lowest BCUT2D eigenvalue weighted by molar-refractivity contribution is 0.101. The van der Waals surface area contributed by atoms with Gasteiger partial charge in [-0.3, -0.25) is 4.79 Å². The van der Waals surface area contributed by atoms with Crippen LogP contribution in [0.4, 0.5) is 4.39 Å². The molecule has 0 atom stereocenters. The maximum Gasteiger partial charge on any atom is 0.162 e. The van der Waals surface area contributed by atoms with Crippen LogP contribution in [0.25, 0.3) is 6.08 Å². The van der Waals surface area contributed by atoms with E-state index in [1.165, 1.54) is 31.2 Å². The third-order valence-electron chi connectivity index (χ3n) is 1.75. The number of carbonyl (C=O) groups excluding carboxylic acids is 1. The fraction of sp³-hybridized carbons (Fsp3) is 0.0909. The van der Waals surface area contributed by atoms with Gasteiger partial charge in [0.25, 0.3) is 0 Å². The van der Waals surface area contributed by atoms with Crippen molar-refractivity contribution in [1.29, 1.82) is 5.26 Å². The Balaban J connectivity index is 3.22. The summed E-state index contributed by atoms with van der Waals surface area (Å²) in [7, 11) is 0. The minimum absolute atomic E-state index is 0.0464. The molecule has 2 nitrogen and oxygen atoms in total. The lowest BCUT2D eigenvalue weighted by Crippen LogP contribution is -1.98. The van der Waals surface area contributed by atoms with E-state index in [-0.39, 0.29) is 16.9 Å². The number of nitrogens with zero attached hydrogens (tertiary/aromatic N) is 1. The van der Waals surface area contributed by atoms with Crippen LogP contribution >= 0.6 is 0 Å². The van der Waals surface area contributed by atoms with Gasteiger partial charge in [-0.1, -0.05) is 12.1 Å². The third kappa shape index (κ3) is 2.05. The highest BCUT2D eigenvalue weighted by atomic mass is 19.1. The molecule has 3 heteroatoms. The molecular weight excluding hydrogens is 181 g/mol. The van der Waals surface area contributed by atoms with Gasteiger partial charge in [0.15, 0.2) is 5.78 Å². The highest BCUT2D eigenvalue weighted by Gasteiger charge is 2.08. The molecule has 0 saturated carbocycles. The van der Waals surface area contributed by atoms with Crippen molar-refractivity contribution in [2.75, 3.05) is 0 Å². The average molecular weight is 189 g/mol. The molecule has 0 aromatic heterocycles. The van der Waals surface area contributed by atoms with Crippen LogP contribution < -0.4 is 0 Å². The van der Waals surface area contributed by atoms with Crippen molar-refractivity contribution in [1.82, 2.24) is 0 Å². The smallest absolute Gasteiger partial charge is 0.162 e. The van der Waals surface area contributed by atoms with E-state index in [1.807, 2.05) is 0 Å². The van der Waals surface area contributed by atoms with E-state index in [0.717, 1.165) is 0 Å². The first-order valence-electron chi connectivity index (χ1n) is 4.02. The van der Waals surface area contributed by atoms with Crippen LogP contribution in [0.2, 0.25) is 0 Å². The number of benzene rings is 1. The standard InChI is InChI=1S/C11H8FNO/c1-8(14)10-6-2-4-9(11(10)12)5-3-7-13/h2-6H,1H3. The summed E-state index contributed by atoms with van der Waals surface area (Å²) >= 11 is 0. The zero-order valence-corrected chi connectivity index (χ0v) is 7.62. The Morgan fingerprint density at radius 2 is 2.29 bits per heavy atom. The summed E-state index contributed by atoms with van der Waals surface area (Å²) in [4.78, 5) is 11.0. The lowest BCUT2D eigenvalue weighted by Gasteiger charge is -2.00. The predicted molar refractivity (Wildman–Crippen MR) is 51.1 cm³/mol. The molecule has 1 aromatic rings. The second-order valence-electron chi connectivity index (χ2n) is 2.73. The quantitative estimate of drug-likeness (QED) is 0.530. The van der Waals surface area contributed by atoms with Gasteiger partial charge in [0.05, 0.1) is 11.6 Å². The Morgan fingerprint density at radius 3 is 2.86 bits per heavy atom. The van der Waals surface area contributed by atoms with Gasteiger partial charge in [-0.2, -0.15) is 5.26 Å². The molecule has 0 aliphatic carbocycles. The molecule has 0 radical (unpaired) electrons. The topological polar surface area (TPSA) is 40.9 Å². The predicted octanol–water partition coefficient (Wildman–Crippen LogP) is 2.57. The molecule has 1 rings (SSSR count). The van der Waals surface area contributed by atoms with E-state index in [4.69, 9.17) is 5.26 Å². The second-order valence-corrected chi connectivity index (χ2v) is 2.73. The minimum Gasteiger partial charge on any atom is -0.294 e. The molecule has 1 aromatic carbocycles. The molecule has 0 heterocycles. The van der Waals surface area contributed by atoms with Crippen molar-refractivity contribution in [3.05, 3.63) is 41.2 Å². The fourth-order valence-corrected chi connectivity index (χ4v) is 1.08. The largest absolute Gasteiger partial charge is 0.294 e. The van der Waals surface area contributed by atoms with Crippen LogP contribution in [0.1, 0.15) is 22.8 Å². The Labute approximate surface area is 81.3 Å². The SMILES string of the molecule is CC(=O)c1cccc(C=CC#N)c1F. The molecule has 14 heavy (non-hydrogen) atoms. The molecule has 0 aliphatic rings. The third-order valence-corrected chi connectivity index (χ3v) is 1.75. The summed E-state index contributed by atoms with van der Waals surface area (Å²) in [6.07, 6.45) is 2.50. The van der Waals surface area contributed by atoms with E-state index < -0.39 is 5.82 Å². The van der Waals surface area contributed by atoms with E-state index in [2.05, 4.69) is 0 Å². The van der Waals surface area contributed by atoms with Crippen LogP contribution in [0.3, 0.4) is 0 Å². The average Bonchev–Trinajstić information content (AvgIpc) is 2.16. The summed E-state index contributed by atoms with van der Waals surface area (Å²) in [5, 5.41) is 8.27. The molecule has 0 saturated heterocycles. The van der Waals surface area contributed by atoms with Crippen molar-refractivity contribution in [3.63, 3.8) is 0 Å². The first-order chi connectivity index (χ1) is 6.66. The van der Waals surface area contributed by atoms with Crippen LogP contribution in [-0.4, -0.2) is 5.78 Å². The number of allylic oxidation sites excluding steroid dienone is 1. The molecule has 70 valence electrons. The normalized spacial score (nSPS) is 10.1. The van der Waals surface area contributed by atoms with Crippen LogP contribution in [0.5, 0.6) is 0 Å². The number of rotatable bonds is 2. The van der Waals surface area contributed by atoms with Gasteiger partial charge in [-0.25, -0.2) is 4.39 Å². The van der Waals surface area contributed by atoms with Gasteiger partial charge < -0.3 is 0 Å². The van der Waals surface area contributed by atoms with Crippen molar-refractivity contribution in [2.45, 2.75) is 6.92 Å². The Kier molecular flexibility index (Phi) is 3.14. The summed E-state index contributed by atoms with van der Waals surface area (Å²) < 4.78 is 13.5. The van der Waals surface area contributed by atoms with Gasteiger partial charge in [0.2, 0.25) is 0 Å². The number of halogens is 1. The number of hydrogen-bond acceptors (Lipinski definition) is 2. The molecule has 0 aliphatic heterocycles. The maximum atomic E-state index is 13.5. The van der Waals surface area contributed by atoms with Crippen molar-refractivity contribution < 1.29 is 9.18 Å². The molecule has 0 amide bonds. The van der Waals surface area contributed by atoms with E-state index in [9.17, 15) is 9.18 Å². The molecule has 0 bridgehead atoms. The number of Topliss-reactive ketones (excluding diaryl/α,β-unsaturated/α-hetero) is 1. The molecule has 0 unspecified atom stereocenters. The van der Waals surface area contributed by atoms with Crippen molar-refractivity contribution >= 4 is 11.9 Å². The zero-order valence-electron chi connectivity index (χ0n) is 7.62. The lowest BCUT2D eigenvalue weighted by atomic mass is 10.1. The summed E-state index contributed by atoms with van der Waals surface area (Å²) in [5.41, 5.74) is 0.296. The fourth-order valence-electron chi connectivity index (χ4n) is 1.08. The van der Waals surface area contributed by atoms with Crippen molar-refractivity contribution in [2.24, 2.45) is 0 Å². The maximum absolute atomic E-state index is 13.5. The molecule has 0 fully saturated rings. The van der Waals surface area contributed by atoms with Crippen LogP contribution in [0.15, 0.2) is 24.3 Å². The second kappa shape index (κ2) is 4.33. The van der Waals surface area contributed by atoms with Crippen molar-refractivity contribution in [3.8, 4) is 6.07 Å². The Bertz CT molecular complexity index is 429. The van der Waals surface area contributed by atoms with Crippen LogP contribution in [0, 0.1) is 17.1 Å². The number of nitriles is 1. The van der Waals surface area contributed by atoms with Gasteiger partial charge in [-0.15, -0.1) is 0 Å². The first-order valence-corrected chi connectivity index (χ1v) is 4.02. The highest BCUT2D eigenvalue weighted by molar-refractivity contribution is 5.94. The Hall–Kier alpha value is -1.95. The van der Waals surface area contributed by atoms with E-state index in [0.29, 0.717) is 0 Å². The highest BCUT2D eigenvalue weighted by Crippen LogP contribution is 2.14. The minimum atomic E-state index is -0.577. The number of ketones is 1. The first kappa shape index (κ1) is 10.1. The zero-order chi connectivity index (χ0) is 10.6. The van der Waals surface area contributed by atoms with Gasteiger partial charge in [0.1, 0.15) is 5.82 Å². The molecular formula is C11H8FNO. The summed E-state index contributed by atoms with van der Waals surface area (Å²) in [6, 6.07) is 6.27. The number of hydrogen-bond donors (Lipinski definition) is 0. The van der Waals surface area contributed by atoms with Crippen LogP contribution in [-0.2, 0) is 0 Å². The van der Waals surface area contributed by atoms with E-state index in [1.54, 1.807) is 12.1 Å². The van der Waals surface area contributed by atoms with Gasteiger partial charge in [-0.05, 0) is 19.1 Å². The molecule has 0 spiro atoms. The van der Waals surface area contributed by atoms with E-state index >= 15 is 0 Å². The van der Waals surface area contributed by atoms with Gasteiger partial charge >= 0.3 is 0 Å².